The van der Waals surface area contributed by atoms with Crippen LogP contribution in [-0.2, 0) is 0 Å². The summed E-state index contributed by atoms with van der Waals surface area (Å²) in [6.07, 6.45) is 5.95. The maximum atomic E-state index is 3.61. The van der Waals surface area contributed by atoms with Crippen molar-refractivity contribution in [3.8, 4) is 0 Å². The SMILES string of the molecule is C=CC=S1C=CC=C1. The maximum absolute atomic E-state index is 3.61. The second kappa shape index (κ2) is 2.68. The van der Waals surface area contributed by atoms with Gasteiger partial charge in [0, 0.05) is 0 Å². The Bertz CT molecular complexity index is 159. The average molecular weight is 124 g/mol. The summed E-state index contributed by atoms with van der Waals surface area (Å²) in [7, 11) is 0.269. The van der Waals surface area contributed by atoms with Gasteiger partial charge in [0.25, 0.3) is 0 Å². The molecule has 1 aliphatic rings. The van der Waals surface area contributed by atoms with Crippen molar-refractivity contribution in [1.29, 1.82) is 0 Å². The van der Waals surface area contributed by atoms with Crippen molar-refractivity contribution < 1.29 is 0 Å². The van der Waals surface area contributed by atoms with Crippen molar-refractivity contribution >= 4 is 15.9 Å². The molecule has 1 rings (SSSR count). The molecule has 1 heteroatoms. The monoisotopic (exact) mass is 124 g/mol. The minimum atomic E-state index is 0.269. The smallest absolute Gasteiger partial charge is 0.0307 e. The van der Waals surface area contributed by atoms with Gasteiger partial charge < -0.3 is 0 Å². The van der Waals surface area contributed by atoms with Gasteiger partial charge in [-0.3, -0.25) is 0 Å². The molecule has 0 N–H and O–H groups in total. The Morgan fingerprint density at radius 3 is 2.38 bits per heavy atom. The van der Waals surface area contributed by atoms with E-state index in [1.54, 1.807) is 0 Å². The molecule has 0 fully saturated rings. The van der Waals surface area contributed by atoms with Crippen LogP contribution in [0.3, 0.4) is 0 Å². The van der Waals surface area contributed by atoms with Crippen LogP contribution in [0.1, 0.15) is 0 Å². The molecule has 0 amide bonds. The van der Waals surface area contributed by atoms with Crippen molar-refractivity contribution in [2.24, 2.45) is 0 Å². The van der Waals surface area contributed by atoms with Crippen molar-refractivity contribution in [3.63, 3.8) is 0 Å². The van der Waals surface area contributed by atoms with Crippen LogP contribution in [0.15, 0.2) is 35.6 Å². The molecule has 0 nitrogen and oxygen atoms in total. The Kier molecular flexibility index (Phi) is 1.86. The summed E-state index contributed by atoms with van der Waals surface area (Å²) < 4.78 is 0. The van der Waals surface area contributed by atoms with E-state index in [4.69, 9.17) is 0 Å². The van der Waals surface area contributed by atoms with Crippen LogP contribution >= 0.6 is 10.5 Å². The van der Waals surface area contributed by atoms with E-state index in [0.29, 0.717) is 0 Å². The second-order valence-corrected chi connectivity index (χ2v) is 3.07. The molecule has 1 heterocycles. The van der Waals surface area contributed by atoms with E-state index in [1.807, 2.05) is 6.08 Å². The van der Waals surface area contributed by atoms with E-state index in [0.717, 1.165) is 0 Å². The normalized spacial score (nSPS) is 17.0. The summed E-state index contributed by atoms with van der Waals surface area (Å²) in [4.78, 5) is 0. The highest BCUT2D eigenvalue weighted by atomic mass is 32.2. The van der Waals surface area contributed by atoms with Crippen LogP contribution in [0.4, 0.5) is 0 Å². The largest absolute Gasteiger partial charge is 0.138 e. The van der Waals surface area contributed by atoms with Crippen LogP contribution in [0.2, 0.25) is 0 Å². The molecule has 0 radical (unpaired) electrons. The Morgan fingerprint density at radius 1 is 1.25 bits per heavy atom. The van der Waals surface area contributed by atoms with E-state index in [2.05, 4.69) is 34.9 Å². The lowest BCUT2D eigenvalue weighted by molar-refractivity contribution is 2.15. The molecule has 0 saturated heterocycles. The van der Waals surface area contributed by atoms with E-state index >= 15 is 0 Å². The zero-order valence-corrected chi connectivity index (χ0v) is 5.40. The molecule has 0 saturated carbocycles. The molecule has 0 aromatic heterocycles. The predicted molar refractivity (Wildman–Crippen MR) is 42.1 cm³/mol. The van der Waals surface area contributed by atoms with E-state index in [-0.39, 0.29) is 10.5 Å². The lowest BCUT2D eigenvalue weighted by Crippen LogP contribution is -1.55. The minimum absolute atomic E-state index is 0.269. The fraction of sp³-hybridized carbons (Fsp3) is 0. The van der Waals surface area contributed by atoms with Gasteiger partial charge in [0.2, 0.25) is 0 Å². The van der Waals surface area contributed by atoms with E-state index in [1.165, 1.54) is 0 Å². The van der Waals surface area contributed by atoms with Crippen molar-refractivity contribution in [1.82, 2.24) is 0 Å². The average Bonchev–Trinajstić information content (AvgIpc) is 2.19. The molecule has 0 aromatic rings. The fourth-order valence-corrected chi connectivity index (χ4v) is 1.56. The Labute approximate surface area is 52.1 Å². The Balaban J connectivity index is 2.74. The second-order valence-electron chi connectivity index (χ2n) is 1.44. The molecule has 0 spiro atoms. The molecule has 42 valence electrons. The first-order valence-electron chi connectivity index (χ1n) is 2.45. The van der Waals surface area contributed by atoms with Crippen LogP contribution in [0.5, 0.6) is 0 Å². The van der Waals surface area contributed by atoms with Crippen LogP contribution in [-0.4, -0.2) is 5.37 Å². The van der Waals surface area contributed by atoms with E-state index in [9.17, 15) is 0 Å². The summed E-state index contributed by atoms with van der Waals surface area (Å²) in [5.41, 5.74) is 0. The van der Waals surface area contributed by atoms with Crippen molar-refractivity contribution in [3.05, 3.63) is 35.6 Å². The van der Waals surface area contributed by atoms with Crippen LogP contribution < -0.4 is 0 Å². The minimum Gasteiger partial charge on any atom is -0.138 e. The third-order valence-corrected chi connectivity index (χ3v) is 2.29. The molecule has 0 aliphatic carbocycles. The molecular formula is C7H8S. The summed E-state index contributed by atoms with van der Waals surface area (Å²) in [6, 6.07) is 0. The molecule has 0 aromatic carbocycles. The molecule has 8 heavy (non-hydrogen) atoms. The van der Waals surface area contributed by atoms with Gasteiger partial charge in [0.05, 0.1) is 0 Å². The highest BCUT2D eigenvalue weighted by Crippen LogP contribution is 2.20. The number of rotatable bonds is 1. The van der Waals surface area contributed by atoms with Crippen molar-refractivity contribution in [2.45, 2.75) is 0 Å². The standard InChI is InChI=1S/C7H8S/c1-2-5-8-6-3-4-7-8/h2-7H,1H2. The zero-order valence-electron chi connectivity index (χ0n) is 4.58. The van der Waals surface area contributed by atoms with Gasteiger partial charge in [-0.15, -0.1) is 10.5 Å². The van der Waals surface area contributed by atoms with Crippen LogP contribution in [0, 0.1) is 0 Å². The lowest BCUT2D eigenvalue weighted by Gasteiger charge is -1.82. The summed E-state index contributed by atoms with van der Waals surface area (Å²) in [6.45, 7) is 3.61. The van der Waals surface area contributed by atoms with Gasteiger partial charge >= 0.3 is 0 Å². The lowest BCUT2D eigenvalue weighted by atomic mass is 10.6. The maximum Gasteiger partial charge on any atom is -0.0307 e. The van der Waals surface area contributed by atoms with Gasteiger partial charge in [-0.2, -0.15) is 0 Å². The van der Waals surface area contributed by atoms with Crippen LogP contribution in [0.25, 0.3) is 0 Å². The highest BCUT2D eigenvalue weighted by molar-refractivity contribution is 8.20. The van der Waals surface area contributed by atoms with Gasteiger partial charge in [-0.1, -0.05) is 24.8 Å². The Hall–Kier alpha value is -0.560. The number of hydrogen-bond acceptors (Lipinski definition) is 0. The molecular weight excluding hydrogens is 116 g/mol. The van der Waals surface area contributed by atoms with E-state index < -0.39 is 0 Å². The third-order valence-electron chi connectivity index (χ3n) is 0.836. The fourth-order valence-electron chi connectivity index (χ4n) is 0.519. The van der Waals surface area contributed by atoms with Gasteiger partial charge in [0.1, 0.15) is 0 Å². The molecule has 0 unspecified atom stereocenters. The molecule has 1 aliphatic heterocycles. The van der Waals surface area contributed by atoms with Gasteiger partial charge in [-0.05, 0) is 16.2 Å². The zero-order chi connectivity index (χ0) is 5.82. The summed E-state index contributed by atoms with van der Waals surface area (Å²) in [5, 5.41) is 6.39. The molecule has 0 bridgehead atoms. The summed E-state index contributed by atoms with van der Waals surface area (Å²) >= 11 is 0. The Morgan fingerprint density at radius 2 is 1.88 bits per heavy atom. The third kappa shape index (κ3) is 1.20. The summed E-state index contributed by atoms with van der Waals surface area (Å²) in [5.74, 6) is 0. The quantitative estimate of drug-likeness (QED) is 0.371. The number of allylic oxidation sites excluding steroid dienone is 3. The first-order valence-corrected chi connectivity index (χ1v) is 3.86. The topological polar surface area (TPSA) is 0 Å². The first-order chi connectivity index (χ1) is 3.93. The molecule has 0 atom stereocenters. The predicted octanol–water partition coefficient (Wildman–Crippen LogP) is 2.28. The number of hydrogen-bond donors (Lipinski definition) is 0. The van der Waals surface area contributed by atoms with Gasteiger partial charge in [0.15, 0.2) is 0 Å². The highest BCUT2D eigenvalue weighted by Gasteiger charge is 1.83. The first kappa shape index (κ1) is 5.57. The van der Waals surface area contributed by atoms with Gasteiger partial charge in [-0.25, -0.2) is 0 Å². The van der Waals surface area contributed by atoms with Crippen molar-refractivity contribution in [2.75, 3.05) is 0 Å².